The average molecular weight is 262 g/mol. The number of rotatable bonds is 4. The van der Waals surface area contributed by atoms with Crippen LogP contribution in [0.25, 0.3) is 0 Å². The van der Waals surface area contributed by atoms with E-state index >= 15 is 0 Å². The molecule has 0 aromatic carbocycles. The van der Waals surface area contributed by atoms with Gasteiger partial charge in [-0.05, 0) is 0 Å². The molecule has 98 valence electrons. The van der Waals surface area contributed by atoms with Gasteiger partial charge in [-0.15, -0.1) is 0 Å². The lowest BCUT2D eigenvalue weighted by Crippen LogP contribution is -2.50. The molecule has 17 heavy (non-hydrogen) atoms. The van der Waals surface area contributed by atoms with E-state index in [4.69, 9.17) is 0 Å². The van der Waals surface area contributed by atoms with Crippen molar-refractivity contribution in [3.63, 3.8) is 0 Å². The molecule has 6 nitrogen and oxygen atoms in total. The zero-order valence-electron chi connectivity index (χ0n) is 10.0. The largest absolute Gasteiger partial charge is 0.350 e. The van der Waals surface area contributed by atoms with Crippen molar-refractivity contribution in [2.75, 3.05) is 11.5 Å². The van der Waals surface area contributed by atoms with Gasteiger partial charge in [-0.3, -0.25) is 9.59 Å². The molecule has 1 saturated heterocycles. The molecule has 0 aliphatic carbocycles. The number of carbonyl (C=O) groups is 2. The van der Waals surface area contributed by atoms with Crippen molar-refractivity contribution in [1.29, 1.82) is 0 Å². The van der Waals surface area contributed by atoms with Crippen LogP contribution in [0, 0.1) is 0 Å². The summed E-state index contributed by atoms with van der Waals surface area (Å²) < 4.78 is 23.0. The van der Waals surface area contributed by atoms with E-state index < -0.39 is 21.9 Å². The first-order chi connectivity index (χ1) is 7.88. The molecule has 0 unspecified atom stereocenters. The number of amides is 2. The van der Waals surface area contributed by atoms with Crippen molar-refractivity contribution in [2.45, 2.75) is 38.8 Å². The van der Waals surface area contributed by atoms with Gasteiger partial charge in [0.15, 0.2) is 9.84 Å². The van der Waals surface area contributed by atoms with E-state index in [2.05, 4.69) is 10.6 Å². The molecule has 2 amide bonds. The fourth-order valence-electron chi connectivity index (χ4n) is 1.75. The number of hydrogen-bond donors (Lipinski definition) is 2. The van der Waals surface area contributed by atoms with Gasteiger partial charge in [-0.2, -0.15) is 0 Å². The van der Waals surface area contributed by atoms with E-state index in [1.807, 2.05) is 0 Å². The number of nitrogens with one attached hydrogen (secondary N) is 2. The Balaban J connectivity index is 2.71. The molecule has 0 bridgehead atoms. The first-order valence-electron chi connectivity index (χ1n) is 5.67. The quantitative estimate of drug-likeness (QED) is 0.694. The standard InChI is InChI=1S/C10H18N2O4S/c1-3-9(13)11-7-5-17(15,16)6-8(7)12-10(14)4-2/h7-8H,3-6H2,1-2H3,(H,11,13)(H,12,14)/t7-,8-/m0/s1. The van der Waals surface area contributed by atoms with Gasteiger partial charge in [0.05, 0.1) is 23.6 Å². The molecule has 0 aromatic heterocycles. The highest BCUT2D eigenvalue weighted by Crippen LogP contribution is 2.13. The van der Waals surface area contributed by atoms with Crippen LogP contribution in [0.1, 0.15) is 26.7 Å². The summed E-state index contributed by atoms with van der Waals surface area (Å²) in [5, 5.41) is 5.26. The lowest BCUT2D eigenvalue weighted by atomic mass is 10.1. The zero-order chi connectivity index (χ0) is 13.1. The summed E-state index contributed by atoms with van der Waals surface area (Å²) in [5.41, 5.74) is 0. The molecule has 1 aliphatic heterocycles. The van der Waals surface area contributed by atoms with Crippen LogP contribution < -0.4 is 10.6 Å². The summed E-state index contributed by atoms with van der Waals surface area (Å²) in [4.78, 5) is 22.5. The molecular weight excluding hydrogens is 244 g/mol. The molecular formula is C10H18N2O4S. The minimum Gasteiger partial charge on any atom is -0.350 e. The molecule has 0 spiro atoms. The van der Waals surface area contributed by atoms with E-state index in [-0.39, 0.29) is 23.3 Å². The molecule has 7 heteroatoms. The third-order valence-corrected chi connectivity index (χ3v) is 4.42. The normalized spacial score (nSPS) is 26.5. The molecule has 1 heterocycles. The maximum atomic E-state index is 11.5. The minimum atomic E-state index is -3.18. The van der Waals surface area contributed by atoms with Crippen molar-refractivity contribution >= 4 is 21.7 Å². The second-order valence-electron chi connectivity index (χ2n) is 4.13. The first kappa shape index (κ1) is 14.0. The van der Waals surface area contributed by atoms with Gasteiger partial charge >= 0.3 is 0 Å². The molecule has 1 aliphatic rings. The molecule has 2 N–H and O–H groups in total. The summed E-state index contributed by atoms with van der Waals surface area (Å²) >= 11 is 0. The van der Waals surface area contributed by atoms with Gasteiger partial charge in [0.1, 0.15) is 0 Å². The van der Waals surface area contributed by atoms with E-state index in [0.717, 1.165) is 0 Å². The smallest absolute Gasteiger partial charge is 0.220 e. The lowest BCUT2D eigenvalue weighted by Gasteiger charge is -2.20. The Kier molecular flexibility index (Phi) is 4.50. The average Bonchev–Trinajstić information content (AvgIpc) is 2.52. The fourth-order valence-corrected chi connectivity index (χ4v) is 3.61. The predicted octanol–water partition coefficient (Wildman–Crippen LogP) is -0.796. The van der Waals surface area contributed by atoms with Crippen LogP contribution in [-0.4, -0.2) is 43.8 Å². The highest BCUT2D eigenvalue weighted by molar-refractivity contribution is 7.91. The fraction of sp³-hybridized carbons (Fsp3) is 0.800. The predicted molar refractivity (Wildman–Crippen MR) is 63.1 cm³/mol. The van der Waals surface area contributed by atoms with Crippen LogP contribution in [0.3, 0.4) is 0 Å². The van der Waals surface area contributed by atoms with Crippen LogP contribution in [-0.2, 0) is 19.4 Å². The second kappa shape index (κ2) is 5.48. The number of sulfone groups is 1. The monoisotopic (exact) mass is 262 g/mol. The van der Waals surface area contributed by atoms with E-state index in [0.29, 0.717) is 12.8 Å². The van der Waals surface area contributed by atoms with Crippen molar-refractivity contribution in [3.05, 3.63) is 0 Å². The molecule has 2 atom stereocenters. The molecule has 1 fully saturated rings. The molecule has 0 aromatic rings. The topological polar surface area (TPSA) is 92.3 Å². The second-order valence-corrected chi connectivity index (χ2v) is 6.29. The van der Waals surface area contributed by atoms with Crippen LogP contribution in [0.2, 0.25) is 0 Å². The van der Waals surface area contributed by atoms with Gasteiger partial charge in [0.25, 0.3) is 0 Å². The minimum absolute atomic E-state index is 0.104. The maximum absolute atomic E-state index is 11.5. The van der Waals surface area contributed by atoms with Crippen molar-refractivity contribution in [1.82, 2.24) is 10.6 Å². The number of hydrogen-bond acceptors (Lipinski definition) is 4. The summed E-state index contributed by atoms with van der Waals surface area (Å²) in [6.07, 6.45) is 0.593. The Hall–Kier alpha value is -1.11. The van der Waals surface area contributed by atoms with Crippen molar-refractivity contribution in [2.24, 2.45) is 0 Å². The Bertz CT molecular complexity index is 373. The Labute approximate surface area is 101 Å². The summed E-state index contributed by atoms with van der Waals surface area (Å²) in [6.45, 7) is 3.39. The van der Waals surface area contributed by atoms with Crippen molar-refractivity contribution in [3.8, 4) is 0 Å². The van der Waals surface area contributed by atoms with Gasteiger partial charge in [0, 0.05) is 12.8 Å². The third kappa shape index (κ3) is 3.99. The van der Waals surface area contributed by atoms with Crippen LogP contribution in [0.15, 0.2) is 0 Å². The van der Waals surface area contributed by atoms with E-state index in [1.54, 1.807) is 13.8 Å². The third-order valence-electron chi connectivity index (χ3n) is 2.69. The highest BCUT2D eigenvalue weighted by Gasteiger charge is 2.38. The van der Waals surface area contributed by atoms with Crippen LogP contribution in [0.4, 0.5) is 0 Å². The van der Waals surface area contributed by atoms with Crippen LogP contribution >= 0.6 is 0 Å². The lowest BCUT2D eigenvalue weighted by molar-refractivity contribution is -0.123. The SMILES string of the molecule is CCC(=O)N[C@H]1CS(=O)(=O)C[C@@H]1NC(=O)CC. The zero-order valence-corrected chi connectivity index (χ0v) is 10.8. The Morgan fingerprint density at radius 1 is 1.00 bits per heavy atom. The van der Waals surface area contributed by atoms with E-state index in [9.17, 15) is 18.0 Å². The molecule has 1 rings (SSSR count). The van der Waals surface area contributed by atoms with Gasteiger partial charge < -0.3 is 10.6 Å². The van der Waals surface area contributed by atoms with Crippen molar-refractivity contribution < 1.29 is 18.0 Å². The summed E-state index contributed by atoms with van der Waals surface area (Å²) in [6, 6.07) is -1.02. The first-order valence-corrected chi connectivity index (χ1v) is 7.49. The van der Waals surface area contributed by atoms with Gasteiger partial charge in [-0.1, -0.05) is 13.8 Å². The maximum Gasteiger partial charge on any atom is 0.220 e. The van der Waals surface area contributed by atoms with Crippen LogP contribution in [0.5, 0.6) is 0 Å². The van der Waals surface area contributed by atoms with Gasteiger partial charge in [0.2, 0.25) is 11.8 Å². The summed E-state index contributed by atoms with van der Waals surface area (Å²) in [7, 11) is -3.18. The molecule has 0 radical (unpaired) electrons. The highest BCUT2D eigenvalue weighted by atomic mass is 32.2. The Morgan fingerprint density at radius 3 is 1.65 bits per heavy atom. The van der Waals surface area contributed by atoms with E-state index in [1.165, 1.54) is 0 Å². The summed E-state index contributed by atoms with van der Waals surface area (Å²) in [5.74, 6) is -0.619. The molecule has 0 saturated carbocycles. The Morgan fingerprint density at radius 2 is 1.35 bits per heavy atom. The van der Waals surface area contributed by atoms with Gasteiger partial charge in [-0.25, -0.2) is 8.42 Å². The number of carbonyl (C=O) groups excluding carboxylic acids is 2.